The maximum atomic E-state index is 12.5. The van der Waals surface area contributed by atoms with Crippen molar-refractivity contribution in [2.75, 3.05) is 54.6 Å². The fourth-order valence-corrected chi connectivity index (χ4v) is 2.95. The monoisotopic (exact) mass is 379 g/mol. The molecule has 0 unspecified atom stereocenters. The minimum Gasteiger partial charge on any atom is -0.493 e. The lowest BCUT2D eigenvalue weighted by molar-refractivity contribution is -0.126. The molecule has 1 aromatic carbocycles. The molecule has 1 N–H and O–H groups in total. The number of ketones is 1. The Morgan fingerprint density at radius 3 is 2.07 bits per heavy atom. The number of hydrazine groups is 1. The molecule has 150 valence electrons. The molecule has 1 aromatic rings. The Balaban J connectivity index is 1.85. The van der Waals surface area contributed by atoms with Crippen molar-refractivity contribution in [1.82, 2.24) is 15.3 Å². The number of hydrogen-bond donors (Lipinski definition) is 1. The predicted octanol–water partition coefficient (Wildman–Crippen LogP) is 1.34. The van der Waals surface area contributed by atoms with Gasteiger partial charge in [0.15, 0.2) is 17.3 Å². The van der Waals surface area contributed by atoms with Crippen molar-refractivity contribution in [1.29, 1.82) is 0 Å². The van der Waals surface area contributed by atoms with Gasteiger partial charge < -0.3 is 19.1 Å². The third kappa shape index (κ3) is 5.83. The van der Waals surface area contributed by atoms with Gasteiger partial charge in [-0.3, -0.25) is 15.0 Å². The van der Waals surface area contributed by atoms with E-state index in [0.29, 0.717) is 35.7 Å². The van der Waals surface area contributed by atoms with Crippen LogP contribution in [0.1, 0.15) is 29.6 Å². The van der Waals surface area contributed by atoms with Gasteiger partial charge >= 0.3 is 0 Å². The number of nitrogens with zero attached hydrogens (tertiary/aromatic N) is 2. The van der Waals surface area contributed by atoms with Crippen LogP contribution in [-0.4, -0.2) is 76.2 Å². The zero-order valence-corrected chi connectivity index (χ0v) is 16.5. The second-order valence-electron chi connectivity index (χ2n) is 6.52. The third-order valence-electron chi connectivity index (χ3n) is 4.58. The number of carbonyl (C=O) groups is 2. The Morgan fingerprint density at radius 2 is 1.56 bits per heavy atom. The van der Waals surface area contributed by atoms with Gasteiger partial charge in [0, 0.05) is 44.6 Å². The Kier molecular flexibility index (Phi) is 7.87. The molecule has 0 aromatic heterocycles. The topological polar surface area (TPSA) is 80.3 Å². The number of nitrogens with one attached hydrogen (secondary N) is 1. The van der Waals surface area contributed by atoms with E-state index >= 15 is 0 Å². The summed E-state index contributed by atoms with van der Waals surface area (Å²) in [6, 6.07) is 3.27. The molecule has 27 heavy (non-hydrogen) atoms. The average molecular weight is 379 g/mol. The van der Waals surface area contributed by atoms with Crippen LogP contribution in [-0.2, 0) is 4.79 Å². The molecule has 0 atom stereocenters. The first-order valence-corrected chi connectivity index (χ1v) is 9.04. The summed E-state index contributed by atoms with van der Waals surface area (Å²) in [5.41, 5.74) is 3.38. The van der Waals surface area contributed by atoms with Gasteiger partial charge in [-0.05, 0) is 25.6 Å². The zero-order valence-electron chi connectivity index (χ0n) is 16.5. The first-order chi connectivity index (χ1) is 13.0. The van der Waals surface area contributed by atoms with E-state index in [1.807, 2.05) is 5.01 Å². The van der Waals surface area contributed by atoms with Crippen molar-refractivity contribution < 1.29 is 23.8 Å². The summed E-state index contributed by atoms with van der Waals surface area (Å²) in [5.74, 6) is 1.20. The van der Waals surface area contributed by atoms with Crippen LogP contribution in [0.15, 0.2) is 12.1 Å². The summed E-state index contributed by atoms with van der Waals surface area (Å²) in [6.07, 6.45) is 1.06. The molecule has 1 aliphatic heterocycles. The van der Waals surface area contributed by atoms with Gasteiger partial charge in [-0.25, -0.2) is 5.01 Å². The number of ether oxygens (including phenoxy) is 3. The summed E-state index contributed by atoms with van der Waals surface area (Å²) in [7, 11) is 6.59. The van der Waals surface area contributed by atoms with Crippen LogP contribution < -0.4 is 19.6 Å². The normalized spacial score (nSPS) is 15.3. The van der Waals surface area contributed by atoms with Gasteiger partial charge in [-0.2, -0.15) is 0 Å². The van der Waals surface area contributed by atoms with Crippen molar-refractivity contribution in [2.45, 2.75) is 19.3 Å². The Bertz CT molecular complexity index is 632. The van der Waals surface area contributed by atoms with Gasteiger partial charge in [0.05, 0.1) is 21.3 Å². The number of carbonyl (C=O) groups excluding carboxylic acids is 2. The van der Waals surface area contributed by atoms with Gasteiger partial charge in [0.1, 0.15) is 0 Å². The number of hydrogen-bond acceptors (Lipinski definition) is 7. The maximum absolute atomic E-state index is 12.5. The smallest absolute Gasteiger partial charge is 0.234 e. The lowest BCUT2D eigenvalue weighted by Gasteiger charge is -2.32. The molecule has 0 radical (unpaired) electrons. The highest BCUT2D eigenvalue weighted by atomic mass is 16.5. The van der Waals surface area contributed by atoms with Gasteiger partial charge in [-0.15, -0.1) is 0 Å². The number of Topliss-reactive ketones (excluding diaryl/α,β-unsaturated/α-hetero) is 1. The molecule has 1 aliphatic rings. The van der Waals surface area contributed by atoms with E-state index in [4.69, 9.17) is 14.2 Å². The first-order valence-electron chi connectivity index (χ1n) is 9.04. The highest BCUT2D eigenvalue weighted by Crippen LogP contribution is 2.38. The summed E-state index contributed by atoms with van der Waals surface area (Å²) in [4.78, 5) is 26.8. The Morgan fingerprint density at radius 1 is 0.963 bits per heavy atom. The molecule has 0 bridgehead atoms. The lowest BCUT2D eigenvalue weighted by Crippen LogP contribution is -2.52. The largest absolute Gasteiger partial charge is 0.493 e. The van der Waals surface area contributed by atoms with Crippen LogP contribution in [0, 0.1) is 0 Å². The fraction of sp³-hybridized carbons (Fsp3) is 0.579. The molecule has 2 rings (SSSR count). The van der Waals surface area contributed by atoms with E-state index in [-0.39, 0.29) is 18.1 Å². The maximum Gasteiger partial charge on any atom is 0.234 e. The number of benzene rings is 1. The Hall–Kier alpha value is -2.32. The number of piperazine rings is 1. The van der Waals surface area contributed by atoms with Gasteiger partial charge in [0.2, 0.25) is 11.7 Å². The minimum atomic E-state index is -0.0679. The molecule has 0 spiro atoms. The van der Waals surface area contributed by atoms with Crippen molar-refractivity contribution in [3.63, 3.8) is 0 Å². The van der Waals surface area contributed by atoms with Crippen LogP contribution in [0.3, 0.4) is 0 Å². The van der Waals surface area contributed by atoms with Crippen LogP contribution in [0.5, 0.6) is 17.2 Å². The summed E-state index contributed by atoms with van der Waals surface area (Å²) >= 11 is 0. The standard InChI is InChI=1S/C19H29N3O5/c1-21-8-10-22(11-9-21)20-18(24)7-5-6-15(23)14-12-16(25-2)19(27-4)17(13-14)26-3/h12-13H,5-11H2,1-4H3,(H,20,24). The van der Waals surface area contributed by atoms with Crippen molar-refractivity contribution in [2.24, 2.45) is 0 Å². The van der Waals surface area contributed by atoms with Crippen molar-refractivity contribution >= 4 is 11.7 Å². The van der Waals surface area contributed by atoms with Crippen LogP contribution in [0.4, 0.5) is 0 Å². The lowest BCUT2D eigenvalue weighted by atomic mass is 10.0. The van der Waals surface area contributed by atoms with E-state index in [1.54, 1.807) is 12.1 Å². The SMILES string of the molecule is COc1cc(C(=O)CCCC(=O)NN2CCN(C)CC2)cc(OC)c1OC. The molecule has 8 nitrogen and oxygen atoms in total. The number of amides is 1. The average Bonchev–Trinajstić information content (AvgIpc) is 2.68. The second-order valence-corrected chi connectivity index (χ2v) is 6.52. The summed E-state index contributed by atoms with van der Waals surface area (Å²) in [5, 5.41) is 1.93. The van der Waals surface area contributed by atoms with Gasteiger partial charge in [0.25, 0.3) is 0 Å². The van der Waals surface area contributed by atoms with Crippen LogP contribution in [0.2, 0.25) is 0 Å². The molecule has 8 heteroatoms. The fourth-order valence-electron chi connectivity index (χ4n) is 2.95. The molecule has 0 aliphatic carbocycles. The molecular weight excluding hydrogens is 350 g/mol. The molecule has 0 saturated carbocycles. The van der Waals surface area contributed by atoms with E-state index < -0.39 is 0 Å². The number of rotatable bonds is 9. The summed E-state index contributed by atoms with van der Waals surface area (Å²) < 4.78 is 15.8. The van der Waals surface area contributed by atoms with Crippen LogP contribution in [0.25, 0.3) is 0 Å². The molecular formula is C19H29N3O5. The quantitative estimate of drug-likeness (QED) is 0.649. The van der Waals surface area contributed by atoms with Crippen molar-refractivity contribution in [3.05, 3.63) is 17.7 Å². The number of methoxy groups -OCH3 is 3. The first kappa shape index (κ1) is 21.0. The molecule has 1 fully saturated rings. The third-order valence-corrected chi connectivity index (χ3v) is 4.58. The molecule has 1 amide bonds. The van der Waals surface area contributed by atoms with Crippen molar-refractivity contribution in [3.8, 4) is 17.2 Å². The van der Waals surface area contributed by atoms with Gasteiger partial charge in [-0.1, -0.05) is 0 Å². The highest BCUT2D eigenvalue weighted by Gasteiger charge is 2.18. The van der Waals surface area contributed by atoms with E-state index in [1.165, 1.54) is 21.3 Å². The van der Waals surface area contributed by atoms with Crippen LogP contribution >= 0.6 is 0 Å². The van der Waals surface area contributed by atoms with E-state index in [9.17, 15) is 9.59 Å². The summed E-state index contributed by atoms with van der Waals surface area (Å²) in [6.45, 7) is 3.49. The second kappa shape index (κ2) is 10.1. The predicted molar refractivity (Wildman–Crippen MR) is 101 cm³/mol. The molecule has 1 saturated heterocycles. The Labute approximate surface area is 160 Å². The zero-order chi connectivity index (χ0) is 19.8. The number of likely N-dealkylation sites (N-methyl/N-ethyl adjacent to an activating group) is 1. The van der Waals surface area contributed by atoms with E-state index in [2.05, 4.69) is 17.4 Å². The molecule has 1 heterocycles. The van der Waals surface area contributed by atoms with E-state index in [0.717, 1.165) is 26.2 Å². The highest BCUT2D eigenvalue weighted by molar-refractivity contribution is 5.97. The minimum absolute atomic E-state index is 0.0581.